The molecule has 0 spiro atoms. The Morgan fingerprint density at radius 1 is 1.03 bits per heavy atom. The molecule has 0 aromatic carbocycles. The number of carbonyl (C=O) groups excluding carboxylic acids is 4. The van der Waals surface area contributed by atoms with Crippen LogP contribution in [0.15, 0.2) is 0 Å². The molecule has 0 aromatic heterocycles. The maximum Gasteiger partial charge on any atom is 0.326 e. The van der Waals surface area contributed by atoms with Crippen LogP contribution in [-0.4, -0.2) is 89.4 Å². The fourth-order valence-corrected chi connectivity index (χ4v) is 4.28. The van der Waals surface area contributed by atoms with Crippen molar-refractivity contribution >= 4 is 35.6 Å². The summed E-state index contributed by atoms with van der Waals surface area (Å²) in [5.74, 6) is -3.81. The van der Waals surface area contributed by atoms with E-state index in [-0.39, 0.29) is 43.9 Å². The van der Waals surface area contributed by atoms with Gasteiger partial charge in [0.2, 0.25) is 23.6 Å². The van der Waals surface area contributed by atoms with E-state index in [4.69, 9.17) is 16.9 Å². The van der Waals surface area contributed by atoms with Crippen molar-refractivity contribution in [3.8, 4) is 0 Å². The summed E-state index contributed by atoms with van der Waals surface area (Å²) in [5.41, 5.74) is 10.7. The predicted molar refractivity (Wildman–Crippen MR) is 141 cm³/mol. The number of amides is 4. The van der Waals surface area contributed by atoms with E-state index in [2.05, 4.69) is 21.3 Å². The van der Waals surface area contributed by atoms with Crippen molar-refractivity contribution in [2.24, 2.45) is 23.3 Å². The molecule has 14 heteroatoms. The molecule has 0 aromatic rings. The summed E-state index contributed by atoms with van der Waals surface area (Å²) in [4.78, 5) is 64.5. The molecule has 10 N–H and O–H groups in total. The van der Waals surface area contributed by atoms with Crippen LogP contribution in [0.25, 0.3) is 0 Å². The number of hydrogen-bond acceptors (Lipinski definition) is 7. The zero-order valence-corrected chi connectivity index (χ0v) is 22.7. The molecule has 4 amide bonds. The van der Waals surface area contributed by atoms with Crippen molar-refractivity contribution in [1.29, 1.82) is 5.41 Å². The fraction of sp³-hybridized carbons (Fsp3) is 0.750. The maximum atomic E-state index is 13.3. The van der Waals surface area contributed by atoms with E-state index in [9.17, 15) is 29.1 Å². The van der Waals surface area contributed by atoms with Gasteiger partial charge in [-0.25, -0.2) is 4.79 Å². The summed E-state index contributed by atoms with van der Waals surface area (Å²) < 4.78 is 0. The molecule has 1 heterocycles. The molecule has 0 aliphatic carbocycles. The lowest BCUT2D eigenvalue weighted by molar-refractivity contribution is -0.149. The Hall–Kier alpha value is -3.42. The topological polar surface area (TPSA) is 233 Å². The van der Waals surface area contributed by atoms with Gasteiger partial charge in [-0.3, -0.25) is 24.6 Å². The highest BCUT2D eigenvalue weighted by Crippen LogP contribution is 2.20. The van der Waals surface area contributed by atoms with Crippen LogP contribution in [0.1, 0.15) is 59.8 Å². The van der Waals surface area contributed by atoms with Gasteiger partial charge in [-0.15, -0.1) is 0 Å². The number of nitrogens with two attached hydrogens (primary N) is 2. The third-order valence-corrected chi connectivity index (χ3v) is 6.21. The molecule has 1 rings (SSSR count). The number of carbonyl (C=O) groups is 5. The highest BCUT2D eigenvalue weighted by atomic mass is 16.4. The van der Waals surface area contributed by atoms with E-state index in [0.717, 1.165) is 0 Å². The van der Waals surface area contributed by atoms with E-state index in [1.807, 2.05) is 13.8 Å². The van der Waals surface area contributed by atoms with Crippen LogP contribution in [0.5, 0.6) is 0 Å². The monoisotopic (exact) mass is 540 g/mol. The Kier molecular flexibility index (Phi) is 13.5. The molecular weight excluding hydrogens is 496 g/mol. The predicted octanol–water partition coefficient (Wildman–Crippen LogP) is -1.56. The molecule has 1 fully saturated rings. The van der Waals surface area contributed by atoms with Crippen LogP contribution in [-0.2, 0) is 24.0 Å². The van der Waals surface area contributed by atoms with Gasteiger partial charge in [0.15, 0.2) is 5.96 Å². The highest BCUT2D eigenvalue weighted by Gasteiger charge is 2.38. The van der Waals surface area contributed by atoms with Gasteiger partial charge < -0.3 is 42.7 Å². The number of hydrogen-bond donors (Lipinski definition) is 8. The molecule has 0 saturated carbocycles. The van der Waals surface area contributed by atoms with Crippen LogP contribution < -0.4 is 32.7 Å². The van der Waals surface area contributed by atoms with Gasteiger partial charge >= 0.3 is 5.97 Å². The zero-order valence-electron chi connectivity index (χ0n) is 22.7. The minimum atomic E-state index is -1.11. The second-order valence-corrected chi connectivity index (χ2v) is 10.3. The third kappa shape index (κ3) is 10.5. The van der Waals surface area contributed by atoms with Crippen LogP contribution in [0, 0.1) is 17.2 Å². The van der Waals surface area contributed by atoms with Gasteiger partial charge in [-0.2, -0.15) is 0 Å². The van der Waals surface area contributed by atoms with Crippen LogP contribution in [0.3, 0.4) is 0 Å². The lowest BCUT2D eigenvalue weighted by Gasteiger charge is -2.30. The van der Waals surface area contributed by atoms with Crippen molar-refractivity contribution in [2.75, 3.05) is 19.6 Å². The third-order valence-electron chi connectivity index (χ3n) is 6.21. The summed E-state index contributed by atoms with van der Waals surface area (Å²) in [6, 6.07) is -3.93. The van der Waals surface area contributed by atoms with Crippen molar-refractivity contribution in [1.82, 2.24) is 26.2 Å². The molecule has 216 valence electrons. The molecule has 1 aliphatic rings. The minimum Gasteiger partial charge on any atom is -0.480 e. The average molecular weight is 541 g/mol. The first-order valence-electron chi connectivity index (χ1n) is 13.0. The van der Waals surface area contributed by atoms with E-state index in [1.165, 1.54) is 4.90 Å². The first-order valence-corrected chi connectivity index (χ1v) is 13.0. The fourth-order valence-electron chi connectivity index (χ4n) is 4.28. The molecule has 14 nitrogen and oxygen atoms in total. The number of carboxylic acid groups (broad SMARTS) is 1. The molecule has 38 heavy (non-hydrogen) atoms. The van der Waals surface area contributed by atoms with Crippen LogP contribution in [0.4, 0.5) is 0 Å². The Bertz CT molecular complexity index is 865. The zero-order chi connectivity index (χ0) is 29.0. The average Bonchev–Trinajstić information content (AvgIpc) is 3.32. The van der Waals surface area contributed by atoms with E-state index >= 15 is 0 Å². The lowest BCUT2D eigenvalue weighted by Crippen LogP contribution is -2.59. The first kappa shape index (κ1) is 32.6. The second kappa shape index (κ2) is 15.7. The molecule has 1 saturated heterocycles. The Morgan fingerprint density at radius 2 is 1.68 bits per heavy atom. The molecule has 0 unspecified atom stereocenters. The minimum absolute atomic E-state index is 0.0726. The van der Waals surface area contributed by atoms with Gasteiger partial charge in [-0.05, 0) is 43.9 Å². The summed E-state index contributed by atoms with van der Waals surface area (Å²) >= 11 is 0. The molecule has 4 atom stereocenters. The Labute approximate surface area is 223 Å². The molecular formula is C24H44N8O6. The first-order chi connectivity index (χ1) is 17.8. The second-order valence-electron chi connectivity index (χ2n) is 10.3. The lowest BCUT2D eigenvalue weighted by atomic mass is 9.99. The largest absolute Gasteiger partial charge is 0.480 e. The number of carboxylic acids is 1. The molecule has 0 bridgehead atoms. The van der Waals surface area contributed by atoms with Crippen LogP contribution in [0.2, 0.25) is 0 Å². The van der Waals surface area contributed by atoms with Crippen molar-refractivity contribution < 1.29 is 29.1 Å². The van der Waals surface area contributed by atoms with Crippen molar-refractivity contribution in [2.45, 2.75) is 84.0 Å². The summed E-state index contributed by atoms with van der Waals surface area (Å²) in [6.45, 7) is 7.49. The van der Waals surface area contributed by atoms with Gasteiger partial charge in [0, 0.05) is 13.1 Å². The quantitative estimate of drug-likeness (QED) is 0.0680. The van der Waals surface area contributed by atoms with Gasteiger partial charge in [0.05, 0.1) is 6.54 Å². The smallest absolute Gasteiger partial charge is 0.326 e. The van der Waals surface area contributed by atoms with Crippen molar-refractivity contribution in [3.63, 3.8) is 0 Å². The summed E-state index contributed by atoms with van der Waals surface area (Å²) in [6.07, 6.45) is 1.71. The Morgan fingerprint density at radius 3 is 2.21 bits per heavy atom. The normalized spacial score (nSPS) is 17.4. The number of rotatable bonds is 15. The summed E-state index contributed by atoms with van der Waals surface area (Å²) in [5, 5.41) is 27.4. The highest BCUT2D eigenvalue weighted by molar-refractivity contribution is 5.95. The number of aliphatic carboxylic acids is 1. The van der Waals surface area contributed by atoms with Crippen molar-refractivity contribution in [3.05, 3.63) is 0 Å². The summed E-state index contributed by atoms with van der Waals surface area (Å²) in [7, 11) is 0. The van der Waals surface area contributed by atoms with Crippen LogP contribution >= 0.6 is 0 Å². The SMILES string of the molecule is CC(C)C[C@H](NC(=O)CN)C(=O)N[C@H](C(=O)N[C@@H](CCCNC(=N)N)C(=O)N1CCC[C@H]1C(=O)O)C(C)C. The molecule has 0 radical (unpaired) electrons. The van der Waals surface area contributed by atoms with E-state index in [0.29, 0.717) is 25.7 Å². The van der Waals surface area contributed by atoms with Gasteiger partial charge in [-0.1, -0.05) is 27.7 Å². The number of nitrogens with one attached hydrogen (secondary N) is 5. The van der Waals surface area contributed by atoms with Gasteiger partial charge in [0.1, 0.15) is 24.2 Å². The van der Waals surface area contributed by atoms with Gasteiger partial charge in [0.25, 0.3) is 0 Å². The number of nitrogens with zero attached hydrogens (tertiary/aromatic N) is 1. The number of guanidine groups is 1. The molecule has 1 aliphatic heterocycles. The van der Waals surface area contributed by atoms with E-state index in [1.54, 1.807) is 13.8 Å². The number of likely N-dealkylation sites (tertiary alicyclic amines) is 1. The standard InChI is InChI=1S/C24H44N8O6/c1-13(2)11-16(29-18(33)12-25)20(34)31-19(14(3)4)21(35)30-15(7-5-9-28-24(26)27)22(36)32-10-6-8-17(32)23(37)38/h13-17,19H,5-12,25H2,1-4H3,(H,29,33)(H,30,35)(H,31,34)(H,37,38)(H4,26,27,28)/t15-,16-,17-,19-/m0/s1. The van der Waals surface area contributed by atoms with E-state index < -0.39 is 53.8 Å². The Balaban J connectivity index is 3.07. The maximum absolute atomic E-state index is 13.3.